The van der Waals surface area contributed by atoms with Crippen molar-refractivity contribution in [1.82, 2.24) is 5.32 Å². The van der Waals surface area contributed by atoms with Crippen LogP contribution in [0, 0.1) is 0 Å². The molecule has 13 nitrogen and oxygen atoms in total. The molecule has 298 valence electrons. The largest absolute Gasteiger partial charge is 0.508 e. The van der Waals surface area contributed by atoms with Crippen LogP contribution in [0.1, 0.15) is 39.1 Å². The lowest BCUT2D eigenvalue weighted by Crippen LogP contribution is -2.29. The van der Waals surface area contributed by atoms with Crippen LogP contribution in [0.4, 0.5) is 5.69 Å². The van der Waals surface area contributed by atoms with Gasteiger partial charge in [-0.3, -0.25) is 14.4 Å². The summed E-state index contributed by atoms with van der Waals surface area (Å²) < 4.78 is 11.8. The van der Waals surface area contributed by atoms with Gasteiger partial charge in [0.25, 0.3) is 0 Å². The first-order valence-electron chi connectivity index (χ1n) is 18.5. The number of nitrogens with one attached hydrogen (secondary N) is 2. The predicted molar refractivity (Wildman–Crippen MR) is 229 cm³/mol. The van der Waals surface area contributed by atoms with E-state index in [4.69, 9.17) is 21.1 Å². The number of carboxylic acids is 2. The molecule has 4 aromatic rings. The second-order valence-electron chi connectivity index (χ2n) is 14.1. The van der Waals surface area contributed by atoms with Gasteiger partial charge in [0.15, 0.2) is 16.0 Å². The van der Waals surface area contributed by atoms with Gasteiger partial charge in [0, 0.05) is 82.4 Å². The molecular weight excluding hydrogens is 789 g/mol. The van der Waals surface area contributed by atoms with Crippen molar-refractivity contribution in [2.45, 2.75) is 19.3 Å². The molecule has 0 aromatic heterocycles. The zero-order valence-electron chi connectivity index (χ0n) is 31.3. The van der Waals surface area contributed by atoms with Gasteiger partial charge in [0.05, 0.1) is 11.1 Å². The zero-order valence-corrected chi connectivity index (χ0v) is 32.1. The number of rotatable bonds is 11. The Morgan fingerprint density at radius 1 is 0.600 bits per heavy atom. The molecule has 2 aliphatic carbocycles. The average Bonchev–Trinajstić information content (AvgIpc) is 3.20. The molecule has 4 aromatic carbocycles. The summed E-state index contributed by atoms with van der Waals surface area (Å²) in [5.41, 5.74) is 3.43. The number of carbonyl (C=O) groups is 3. The van der Waals surface area contributed by atoms with Crippen LogP contribution < -0.4 is 21.5 Å². The summed E-state index contributed by atoms with van der Waals surface area (Å²) in [5, 5.41) is 48.0. The molecule has 2 aliphatic heterocycles. The molecule has 2 heterocycles. The summed E-state index contributed by atoms with van der Waals surface area (Å²) in [6, 6.07) is 26.9. The van der Waals surface area contributed by atoms with Gasteiger partial charge in [-0.25, -0.2) is 9.59 Å². The van der Waals surface area contributed by atoms with Crippen LogP contribution in [0.25, 0.3) is 66.8 Å². The number of anilines is 1. The van der Waals surface area contributed by atoms with Gasteiger partial charge in [-0.05, 0) is 102 Å². The molecule has 0 atom stereocenters. The van der Waals surface area contributed by atoms with Gasteiger partial charge in [0.1, 0.15) is 40.0 Å². The number of hydrogen-bond acceptors (Lipinski definition) is 10. The lowest BCUT2D eigenvalue weighted by Gasteiger charge is -2.18. The number of thiocarbonyl (C=S) groups is 1. The highest BCUT2D eigenvalue weighted by molar-refractivity contribution is 7.80. The second-order valence-corrected chi connectivity index (χ2v) is 14.5. The summed E-state index contributed by atoms with van der Waals surface area (Å²) in [5.74, 6) is -2.23. The Morgan fingerprint density at radius 2 is 1.12 bits per heavy atom. The highest BCUT2D eigenvalue weighted by atomic mass is 32.1. The summed E-state index contributed by atoms with van der Waals surface area (Å²) in [7, 11) is 0. The lowest BCUT2D eigenvalue weighted by molar-refractivity contribution is -0.118. The summed E-state index contributed by atoms with van der Waals surface area (Å²) >= 11 is 5.46. The highest BCUT2D eigenvalue weighted by Crippen LogP contribution is 2.44. The number of phenolic OH excluding ortho intramolecular Hbond substituents is 2. The Balaban J connectivity index is 0.937. The van der Waals surface area contributed by atoms with E-state index in [0.29, 0.717) is 68.4 Å². The third kappa shape index (κ3) is 7.74. The van der Waals surface area contributed by atoms with Crippen molar-refractivity contribution in [3.05, 3.63) is 146 Å². The monoisotopic (exact) mass is 820 g/mol. The molecule has 0 spiro atoms. The quantitative estimate of drug-likeness (QED) is 0.0413. The smallest absolute Gasteiger partial charge is 0.336 e. The van der Waals surface area contributed by atoms with Crippen LogP contribution in [0.5, 0.6) is 11.5 Å². The third-order valence-corrected chi connectivity index (χ3v) is 10.3. The molecule has 14 heteroatoms. The molecule has 0 fully saturated rings. The molecule has 8 rings (SSSR count). The lowest BCUT2D eigenvalue weighted by atomic mass is 9.89. The van der Waals surface area contributed by atoms with Crippen LogP contribution >= 0.6 is 12.2 Å². The van der Waals surface area contributed by atoms with Crippen LogP contribution in [0.15, 0.2) is 128 Å². The van der Waals surface area contributed by atoms with Crippen molar-refractivity contribution in [1.29, 1.82) is 0 Å². The molecule has 4 aliphatic rings. The molecule has 0 bridgehead atoms. The fraction of sp³-hybridized carbons (Fsp3) is 0.0870. The number of carboxylic acid groups (broad SMARTS) is 2. The maximum Gasteiger partial charge on any atom is 0.336 e. The highest BCUT2D eigenvalue weighted by Gasteiger charge is 2.24. The first-order valence-corrected chi connectivity index (χ1v) is 18.9. The molecule has 6 N–H and O–H groups in total. The van der Waals surface area contributed by atoms with E-state index in [-0.39, 0.29) is 79.9 Å². The zero-order chi connectivity index (χ0) is 42.2. The first kappa shape index (κ1) is 39.0. The number of ketones is 1. The fourth-order valence-corrected chi connectivity index (χ4v) is 7.61. The first-order chi connectivity index (χ1) is 28.8. The van der Waals surface area contributed by atoms with Gasteiger partial charge in [-0.15, -0.1) is 0 Å². The van der Waals surface area contributed by atoms with Crippen LogP contribution in [0.3, 0.4) is 0 Å². The summed E-state index contributed by atoms with van der Waals surface area (Å²) in [6.45, 7) is 0.306. The van der Waals surface area contributed by atoms with Gasteiger partial charge >= 0.3 is 11.9 Å². The van der Waals surface area contributed by atoms with E-state index in [9.17, 15) is 44.4 Å². The maximum absolute atomic E-state index is 13.1. The molecular formula is C46H32N2O11S. The van der Waals surface area contributed by atoms with E-state index < -0.39 is 11.9 Å². The molecule has 0 saturated carbocycles. The average molecular weight is 821 g/mol. The number of aromatic carboxylic acids is 2. The Hall–Kier alpha value is -7.84. The topological polar surface area (TPSA) is 217 Å². The minimum atomic E-state index is -1.21. The Labute approximate surface area is 344 Å². The van der Waals surface area contributed by atoms with E-state index in [1.807, 2.05) is 0 Å². The third-order valence-electron chi connectivity index (χ3n) is 10.0. The normalized spacial score (nSPS) is 11.3. The maximum atomic E-state index is 13.1. The SMILES string of the molecule is O=C(CCCNC(=S)Nc1ccc(-c2c3ccc(=O)cc-3oc3cc(O)ccc23)c(C(=O)O)c1)Cc1ccc(-c2c3ccc(=O)cc-3oc3cc(O)ccc23)c(C(=O)O)c1. The standard InChI is InChI=1S/C46H32N2O11S/c49-25(16-23-3-9-30(36(17-23)44(54)55)42-32-11-5-26(50)19-38(32)58-39-20-27(51)6-12-33(39)42)2-1-15-47-46(60)48-24-4-10-31(37(18-24)45(56)57)43-34-13-7-28(52)21-40(34)59-41-22-29(53)8-14-35(41)43/h3-14,17-22,50,52H,1-2,15-16H2,(H,54,55)(H,56,57)(H2,47,48,60). The second kappa shape index (κ2) is 15.8. The van der Waals surface area contributed by atoms with Gasteiger partial charge in [-0.2, -0.15) is 0 Å². The number of hydrogen-bond donors (Lipinski definition) is 6. The number of fused-ring (bicyclic) bond motifs is 4. The fourth-order valence-electron chi connectivity index (χ4n) is 7.39. The summed E-state index contributed by atoms with van der Waals surface area (Å²) in [6.07, 6.45) is 0.528. The van der Waals surface area contributed by atoms with E-state index >= 15 is 0 Å². The van der Waals surface area contributed by atoms with Crippen molar-refractivity contribution >= 4 is 62.7 Å². The Morgan fingerprint density at radius 3 is 1.67 bits per heavy atom. The number of phenols is 2. The van der Waals surface area contributed by atoms with Crippen LogP contribution in [0.2, 0.25) is 0 Å². The van der Waals surface area contributed by atoms with Crippen LogP contribution in [-0.4, -0.2) is 49.8 Å². The van der Waals surface area contributed by atoms with Crippen molar-refractivity contribution < 1.29 is 43.6 Å². The van der Waals surface area contributed by atoms with E-state index in [1.54, 1.807) is 48.5 Å². The number of aromatic hydroxyl groups is 2. The predicted octanol–water partition coefficient (Wildman–Crippen LogP) is 8.13. The molecule has 0 radical (unpaired) electrons. The molecule has 0 unspecified atom stereocenters. The van der Waals surface area contributed by atoms with Crippen molar-refractivity contribution in [3.63, 3.8) is 0 Å². The minimum Gasteiger partial charge on any atom is -0.508 e. The van der Waals surface area contributed by atoms with Crippen LogP contribution in [-0.2, 0) is 11.2 Å². The van der Waals surface area contributed by atoms with Crippen molar-refractivity contribution in [3.8, 4) is 56.4 Å². The Bertz CT molecular complexity index is 2920. The number of carbonyl (C=O) groups excluding carboxylic acids is 1. The van der Waals surface area contributed by atoms with E-state index in [0.717, 1.165) is 0 Å². The van der Waals surface area contributed by atoms with E-state index in [1.165, 1.54) is 60.7 Å². The number of Topliss-reactive ketones (excluding diaryl/α,β-unsaturated/α-hetero) is 1. The number of benzene rings is 6. The van der Waals surface area contributed by atoms with Crippen molar-refractivity contribution in [2.75, 3.05) is 11.9 Å². The molecule has 0 saturated heterocycles. The van der Waals surface area contributed by atoms with Crippen molar-refractivity contribution in [2.24, 2.45) is 0 Å². The van der Waals surface area contributed by atoms with Gasteiger partial charge < -0.3 is 39.9 Å². The Kier molecular flexibility index (Phi) is 10.3. The van der Waals surface area contributed by atoms with Gasteiger partial charge in [0.2, 0.25) is 0 Å². The minimum absolute atomic E-state index is 0.0219. The van der Waals surface area contributed by atoms with E-state index in [2.05, 4.69) is 10.6 Å². The summed E-state index contributed by atoms with van der Waals surface area (Å²) in [4.78, 5) is 62.5. The molecule has 60 heavy (non-hydrogen) atoms. The van der Waals surface area contributed by atoms with Gasteiger partial charge in [-0.1, -0.05) is 18.2 Å². The molecule has 0 amide bonds.